The largest absolute Gasteiger partial charge is 0.385 e. The molecule has 1 aromatic rings. The number of halogens is 1. The first-order valence-electron chi connectivity index (χ1n) is 10.1. The second-order valence-corrected chi connectivity index (χ2v) is 8.65. The minimum atomic E-state index is -1.30. The van der Waals surface area contributed by atoms with E-state index >= 15 is 0 Å². The molecule has 0 saturated carbocycles. The van der Waals surface area contributed by atoms with Crippen LogP contribution in [-0.2, 0) is 24.7 Å². The van der Waals surface area contributed by atoms with E-state index in [1.54, 1.807) is 7.11 Å². The van der Waals surface area contributed by atoms with Crippen LogP contribution >= 0.6 is 0 Å². The summed E-state index contributed by atoms with van der Waals surface area (Å²) in [7, 11) is 1.57. The van der Waals surface area contributed by atoms with Gasteiger partial charge in [0.15, 0.2) is 0 Å². The summed E-state index contributed by atoms with van der Waals surface area (Å²) in [6.45, 7) is 4.80. The minimum absolute atomic E-state index is 0.219. The molecule has 8 heteroatoms. The SMILES string of the molecule is COCCCN1C(=O)[C@@H]2[C@H](CC(C)C)[NH2+][C@@]3(C(=O)Nc4ccc(F)cc43)[C@@H]2C1=O. The average molecular weight is 404 g/mol. The van der Waals surface area contributed by atoms with E-state index in [0.29, 0.717) is 30.7 Å². The van der Waals surface area contributed by atoms with Crippen molar-refractivity contribution < 1.29 is 28.8 Å². The highest BCUT2D eigenvalue weighted by atomic mass is 19.1. The molecule has 2 saturated heterocycles. The quantitative estimate of drug-likeness (QED) is 0.537. The van der Waals surface area contributed by atoms with Crippen molar-refractivity contribution in [2.24, 2.45) is 17.8 Å². The van der Waals surface area contributed by atoms with E-state index in [1.807, 2.05) is 19.2 Å². The van der Waals surface area contributed by atoms with E-state index in [1.165, 1.54) is 23.1 Å². The molecule has 3 heterocycles. The lowest BCUT2D eigenvalue weighted by molar-refractivity contribution is -0.734. The number of carbonyl (C=O) groups is 3. The molecule has 0 radical (unpaired) electrons. The monoisotopic (exact) mass is 404 g/mol. The first-order chi connectivity index (χ1) is 13.8. The van der Waals surface area contributed by atoms with Crippen LogP contribution in [0.2, 0.25) is 0 Å². The molecule has 156 valence electrons. The Morgan fingerprint density at radius 1 is 1.28 bits per heavy atom. The number of fused-ring (bicyclic) bond motifs is 4. The van der Waals surface area contributed by atoms with Crippen LogP contribution in [0.1, 0.15) is 32.3 Å². The molecule has 0 bridgehead atoms. The van der Waals surface area contributed by atoms with E-state index in [0.717, 1.165) is 0 Å². The third kappa shape index (κ3) is 2.88. The van der Waals surface area contributed by atoms with Crippen LogP contribution in [-0.4, -0.2) is 48.9 Å². The second kappa shape index (κ2) is 7.18. The molecule has 29 heavy (non-hydrogen) atoms. The predicted molar refractivity (Wildman–Crippen MR) is 102 cm³/mol. The minimum Gasteiger partial charge on any atom is -0.385 e. The second-order valence-electron chi connectivity index (χ2n) is 8.65. The molecule has 1 aromatic carbocycles. The molecular formula is C21H27FN3O4+. The maximum atomic E-state index is 14.1. The van der Waals surface area contributed by atoms with Gasteiger partial charge in [0.1, 0.15) is 23.7 Å². The van der Waals surface area contributed by atoms with Gasteiger partial charge in [0.05, 0.1) is 5.69 Å². The van der Waals surface area contributed by atoms with Crippen LogP contribution in [0.4, 0.5) is 10.1 Å². The third-order valence-corrected chi connectivity index (χ3v) is 6.40. The van der Waals surface area contributed by atoms with Gasteiger partial charge in [-0.2, -0.15) is 0 Å². The first-order valence-corrected chi connectivity index (χ1v) is 10.1. The number of ether oxygens (including phenoxy) is 1. The Labute approximate surface area is 169 Å². The Morgan fingerprint density at radius 2 is 2.03 bits per heavy atom. The van der Waals surface area contributed by atoms with Crippen LogP contribution in [0.5, 0.6) is 0 Å². The number of benzene rings is 1. The van der Waals surface area contributed by atoms with Gasteiger partial charge in [-0.15, -0.1) is 0 Å². The number of nitrogens with zero attached hydrogens (tertiary/aromatic N) is 1. The number of hydrogen-bond acceptors (Lipinski definition) is 4. The lowest BCUT2D eigenvalue weighted by atomic mass is 9.76. The predicted octanol–water partition coefficient (Wildman–Crippen LogP) is 0.603. The van der Waals surface area contributed by atoms with Crippen LogP contribution in [0.3, 0.4) is 0 Å². The Balaban J connectivity index is 1.79. The molecule has 4 rings (SSSR count). The van der Waals surface area contributed by atoms with Gasteiger partial charge in [0.25, 0.3) is 5.91 Å². The van der Waals surface area contributed by atoms with Gasteiger partial charge in [-0.3, -0.25) is 19.3 Å². The Hall–Kier alpha value is -2.32. The molecule has 1 spiro atoms. The summed E-state index contributed by atoms with van der Waals surface area (Å²) in [5.41, 5.74) is -0.331. The highest BCUT2D eigenvalue weighted by Gasteiger charge is 2.74. The molecule has 7 nitrogen and oxygen atoms in total. The molecule has 0 unspecified atom stereocenters. The van der Waals surface area contributed by atoms with Gasteiger partial charge < -0.3 is 15.4 Å². The molecule has 3 aliphatic heterocycles. The smallest absolute Gasteiger partial charge is 0.291 e. The summed E-state index contributed by atoms with van der Waals surface area (Å²) in [4.78, 5) is 41.1. The lowest BCUT2D eigenvalue weighted by Gasteiger charge is -2.26. The van der Waals surface area contributed by atoms with E-state index < -0.39 is 23.2 Å². The van der Waals surface area contributed by atoms with Crippen LogP contribution in [0, 0.1) is 23.6 Å². The van der Waals surface area contributed by atoms with Gasteiger partial charge >= 0.3 is 0 Å². The van der Waals surface area contributed by atoms with Gasteiger partial charge in [-0.1, -0.05) is 13.8 Å². The molecule has 0 aromatic heterocycles. The normalized spacial score (nSPS) is 30.4. The Morgan fingerprint density at radius 3 is 2.72 bits per heavy atom. The number of quaternary nitrogens is 1. The Bertz CT molecular complexity index is 873. The number of methoxy groups -OCH3 is 1. The molecular weight excluding hydrogens is 377 g/mol. The van der Waals surface area contributed by atoms with Crippen molar-refractivity contribution in [1.82, 2.24) is 4.90 Å². The van der Waals surface area contributed by atoms with E-state index in [2.05, 4.69) is 5.32 Å². The highest BCUT2D eigenvalue weighted by molar-refractivity contribution is 6.13. The summed E-state index contributed by atoms with van der Waals surface area (Å²) in [5.74, 6) is -2.52. The number of nitrogens with two attached hydrogens (primary N) is 1. The van der Waals surface area contributed by atoms with Crippen molar-refractivity contribution in [1.29, 1.82) is 0 Å². The zero-order chi connectivity index (χ0) is 20.9. The first kappa shape index (κ1) is 20.0. The van der Waals surface area contributed by atoms with Gasteiger partial charge in [0.2, 0.25) is 17.4 Å². The summed E-state index contributed by atoms with van der Waals surface area (Å²) in [6.07, 6.45) is 1.22. The van der Waals surface area contributed by atoms with Crippen molar-refractivity contribution in [3.63, 3.8) is 0 Å². The molecule has 0 aliphatic carbocycles. The fourth-order valence-electron chi connectivity index (χ4n) is 5.34. The maximum absolute atomic E-state index is 14.1. The number of anilines is 1. The standard InChI is InChI=1S/C21H26FN3O4/c1-11(2)9-15-16-17(19(27)25(18(16)26)7-4-8-29-3)21(24-15)13-10-12(22)5-6-14(13)23-20(21)28/h5-6,10-11,15-17,24H,4,7-9H2,1-3H3,(H,23,28)/p+1/t15-,16+,17-,21+/m0/s1. The van der Waals surface area contributed by atoms with Crippen molar-refractivity contribution >= 4 is 23.4 Å². The van der Waals surface area contributed by atoms with Crippen LogP contribution in [0.25, 0.3) is 0 Å². The van der Waals surface area contributed by atoms with Crippen LogP contribution in [0.15, 0.2) is 18.2 Å². The van der Waals surface area contributed by atoms with Crippen molar-refractivity contribution in [3.8, 4) is 0 Å². The molecule has 3 N–H and O–H groups in total. The fraction of sp³-hybridized carbons (Fsp3) is 0.571. The fourth-order valence-corrected chi connectivity index (χ4v) is 5.34. The highest BCUT2D eigenvalue weighted by Crippen LogP contribution is 2.49. The van der Waals surface area contributed by atoms with Crippen molar-refractivity contribution in [2.75, 3.05) is 25.6 Å². The number of imide groups is 1. The number of rotatable bonds is 6. The number of hydrogen-bond donors (Lipinski definition) is 2. The lowest BCUT2D eigenvalue weighted by Crippen LogP contribution is -2.99. The summed E-state index contributed by atoms with van der Waals surface area (Å²) in [5, 5.41) is 4.66. The average Bonchev–Trinajstić information content (AvgIpc) is 3.22. The molecule has 2 fully saturated rings. The van der Waals surface area contributed by atoms with Gasteiger partial charge in [0, 0.05) is 32.2 Å². The molecule has 3 aliphatic rings. The zero-order valence-corrected chi connectivity index (χ0v) is 16.9. The Kier molecular flexibility index (Phi) is 4.94. The van der Waals surface area contributed by atoms with Crippen LogP contribution < -0.4 is 10.6 Å². The maximum Gasteiger partial charge on any atom is 0.291 e. The van der Waals surface area contributed by atoms with E-state index in [-0.39, 0.29) is 36.2 Å². The van der Waals surface area contributed by atoms with Gasteiger partial charge in [-0.25, -0.2) is 4.39 Å². The number of amides is 3. The number of likely N-dealkylation sites (tertiary alicyclic amines) is 1. The van der Waals surface area contributed by atoms with E-state index in [9.17, 15) is 18.8 Å². The summed E-state index contributed by atoms with van der Waals surface area (Å²) >= 11 is 0. The van der Waals surface area contributed by atoms with Gasteiger partial charge in [-0.05, 0) is 30.5 Å². The molecule has 3 amide bonds. The van der Waals surface area contributed by atoms with Crippen molar-refractivity contribution in [3.05, 3.63) is 29.6 Å². The third-order valence-electron chi connectivity index (χ3n) is 6.40. The number of carbonyl (C=O) groups excluding carboxylic acids is 3. The summed E-state index contributed by atoms with van der Waals surface area (Å²) < 4.78 is 19.2. The van der Waals surface area contributed by atoms with E-state index in [4.69, 9.17) is 4.74 Å². The number of nitrogens with one attached hydrogen (secondary N) is 1. The zero-order valence-electron chi connectivity index (χ0n) is 16.9. The molecule has 4 atom stereocenters. The van der Waals surface area contributed by atoms with Crippen molar-refractivity contribution in [2.45, 2.75) is 38.3 Å². The summed E-state index contributed by atoms with van der Waals surface area (Å²) in [6, 6.07) is 3.91. The topological polar surface area (TPSA) is 92.3 Å².